The third kappa shape index (κ3) is 6.25. The highest BCUT2D eigenvalue weighted by Crippen LogP contribution is 2.36. The van der Waals surface area contributed by atoms with E-state index in [1.807, 2.05) is 6.92 Å². The first kappa shape index (κ1) is 23.6. The number of carbonyl (C=O) groups excluding carboxylic acids is 2. The van der Waals surface area contributed by atoms with Crippen molar-refractivity contribution < 1.29 is 27.5 Å². The molecule has 0 saturated carbocycles. The molecule has 3 N–H and O–H groups in total. The zero-order valence-corrected chi connectivity index (χ0v) is 17.9. The molecule has 0 atom stereocenters. The van der Waals surface area contributed by atoms with E-state index in [1.165, 1.54) is 19.2 Å². The summed E-state index contributed by atoms with van der Waals surface area (Å²) < 4.78 is 46.1. The lowest BCUT2D eigenvalue weighted by molar-refractivity contribution is -0.137. The van der Waals surface area contributed by atoms with Crippen molar-refractivity contribution in [1.29, 1.82) is 0 Å². The van der Waals surface area contributed by atoms with Crippen molar-refractivity contribution in [2.75, 3.05) is 29.6 Å². The highest BCUT2D eigenvalue weighted by molar-refractivity contribution is 6.04. The van der Waals surface area contributed by atoms with Crippen molar-refractivity contribution >= 4 is 28.9 Å². The Labute approximate surface area is 188 Å². The Morgan fingerprint density at radius 3 is 2.30 bits per heavy atom. The minimum Gasteiger partial charge on any atom is -0.495 e. The SMILES string of the molecule is COc1ccc(C)cc1NC(=O)CNc1ccc(NC(=O)c2ccccc2)cc1C(F)(F)F. The zero-order valence-electron chi connectivity index (χ0n) is 17.9. The Morgan fingerprint density at radius 2 is 1.64 bits per heavy atom. The van der Waals surface area contributed by atoms with E-state index in [4.69, 9.17) is 4.74 Å². The van der Waals surface area contributed by atoms with Gasteiger partial charge in [0.1, 0.15) is 5.75 Å². The van der Waals surface area contributed by atoms with Crippen LogP contribution in [0, 0.1) is 6.92 Å². The number of benzene rings is 3. The Kier molecular flexibility index (Phi) is 7.22. The van der Waals surface area contributed by atoms with Gasteiger partial charge in [0, 0.05) is 16.9 Å². The lowest BCUT2D eigenvalue weighted by Gasteiger charge is -2.17. The molecule has 3 aromatic carbocycles. The fraction of sp³-hybridized carbons (Fsp3) is 0.167. The normalized spacial score (nSPS) is 10.9. The van der Waals surface area contributed by atoms with Crippen molar-refractivity contribution in [1.82, 2.24) is 0 Å². The van der Waals surface area contributed by atoms with Gasteiger partial charge in [0.2, 0.25) is 5.91 Å². The number of carbonyl (C=O) groups is 2. The maximum absolute atomic E-state index is 13.6. The molecule has 33 heavy (non-hydrogen) atoms. The molecule has 0 aliphatic rings. The minimum absolute atomic E-state index is 0.0179. The molecule has 0 aromatic heterocycles. The number of hydrogen-bond donors (Lipinski definition) is 3. The van der Waals surface area contributed by atoms with E-state index in [1.54, 1.807) is 48.5 Å². The molecule has 0 aliphatic heterocycles. The predicted octanol–water partition coefficient (Wildman–Crippen LogP) is 5.33. The van der Waals surface area contributed by atoms with Gasteiger partial charge in [0.05, 0.1) is 24.9 Å². The second kappa shape index (κ2) is 10.1. The summed E-state index contributed by atoms with van der Waals surface area (Å²) in [4.78, 5) is 24.6. The summed E-state index contributed by atoms with van der Waals surface area (Å²) in [5.74, 6) is -0.646. The molecule has 0 spiro atoms. The molecule has 0 bridgehead atoms. The molecular weight excluding hydrogens is 435 g/mol. The summed E-state index contributed by atoms with van der Waals surface area (Å²) in [5.41, 5.74) is 0.305. The fourth-order valence-corrected chi connectivity index (χ4v) is 3.09. The van der Waals surface area contributed by atoms with Gasteiger partial charge in [-0.1, -0.05) is 24.3 Å². The van der Waals surface area contributed by atoms with Gasteiger partial charge in [-0.3, -0.25) is 9.59 Å². The largest absolute Gasteiger partial charge is 0.495 e. The molecule has 0 heterocycles. The second-order valence-corrected chi connectivity index (χ2v) is 7.18. The van der Waals surface area contributed by atoms with Gasteiger partial charge >= 0.3 is 6.18 Å². The van der Waals surface area contributed by atoms with Crippen LogP contribution in [0.3, 0.4) is 0 Å². The molecule has 3 rings (SSSR count). The lowest BCUT2D eigenvalue weighted by atomic mass is 10.1. The maximum Gasteiger partial charge on any atom is 0.418 e. The Hall–Kier alpha value is -4.01. The number of aryl methyl sites for hydroxylation is 1. The van der Waals surface area contributed by atoms with Crippen LogP contribution >= 0.6 is 0 Å². The molecule has 2 amide bonds. The molecule has 0 aliphatic carbocycles. The van der Waals surface area contributed by atoms with Crippen molar-refractivity contribution in [3.8, 4) is 5.75 Å². The Morgan fingerprint density at radius 1 is 0.909 bits per heavy atom. The number of amides is 2. The van der Waals surface area contributed by atoms with Gasteiger partial charge in [-0.05, 0) is 55.0 Å². The third-order valence-corrected chi connectivity index (χ3v) is 4.69. The number of hydrogen-bond acceptors (Lipinski definition) is 4. The van der Waals surface area contributed by atoms with Gasteiger partial charge in [0.15, 0.2) is 0 Å². The smallest absolute Gasteiger partial charge is 0.418 e. The molecule has 3 aromatic rings. The summed E-state index contributed by atoms with van der Waals surface area (Å²) in [6, 6.07) is 16.7. The first-order chi connectivity index (χ1) is 15.7. The quantitative estimate of drug-likeness (QED) is 0.448. The van der Waals surface area contributed by atoms with Crippen LogP contribution in [0.4, 0.5) is 30.2 Å². The van der Waals surface area contributed by atoms with Crippen molar-refractivity contribution in [2.45, 2.75) is 13.1 Å². The molecule has 9 heteroatoms. The van der Waals surface area contributed by atoms with Crippen molar-refractivity contribution in [2.24, 2.45) is 0 Å². The maximum atomic E-state index is 13.6. The summed E-state index contributed by atoms with van der Waals surface area (Å²) in [7, 11) is 1.45. The number of ether oxygens (including phenoxy) is 1. The van der Waals surface area contributed by atoms with Crippen LogP contribution in [0.1, 0.15) is 21.5 Å². The van der Waals surface area contributed by atoms with E-state index in [0.717, 1.165) is 11.6 Å². The first-order valence-corrected chi connectivity index (χ1v) is 9.93. The highest BCUT2D eigenvalue weighted by Gasteiger charge is 2.34. The average Bonchev–Trinajstić information content (AvgIpc) is 2.78. The van der Waals surface area contributed by atoms with Crippen LogP contribution in [0.15, 0.2) is 66.7 Å². The summed E-state index contributed by atoms with van der Waals surface area (Å²) in [6.07, 6.45) is -4.70. The molecule has 0 fully saturated rings. The molecule has 6 nitrogen and oxygen atoms in total. The summed E-state index contributed by atoms with van der Waals surface area (Å²) in [6.45, 7) is 1.43. The topological polar surface area (TPSA) is 79.5 Å². The second-order valence-electron chi connectivity index (χ2n) is 7.18. The van der Waals surface area contributed by atoms with E-state index in [9.17, 15) is 22.8 Å². The lowest BCUT2D eigenvalue weighted by Crippen LogP contribution is -2.23. The van der Waals surface area contributed by atoms with Crippen LogP contribution in [0.2, 0.25) is 0 Å². The number of nitrogens with one attached hydrogen (secondary N) is 3. The van der Waals surface area contributed by atoms with Gasteiger partial charge in [0.25, 0.3) is 5.91 Å². The Bertz CT molecular complexity index is 1150. The number of alkyl halides is 3. The van der Waals surface area contributed by atoms with E-state index in [0.29, 0.717) is 17.0 Å². The first-order valence-electron chi connectivity index (χ1n) is 9.93. The standard InChI is InChI=1S/C24H22F3N3O3/c1-15-8-11-21(33-2)20(12-15)30-22(31)14-28-19-10-9-17(13-18(19)24(25,26)27)29-23(32)16-6-4-3-5-7-16/h3-13,28H,14H2,1-2H3,(H,29,32)(H,30,31). The average molecular weight is 457 g/mol. The molecular formula is C24H22F3N3O3. The Balaban J connectivity index is 1.73. The number of rotatable bonds is 7. The van der Waals surface area contributed by atoms with E-state index in [2.05, 4.69) is 16.0 Å². The molecule has 0 radical (unpaired) electrons. The molecule has 172 valence electrons. The van der Waals surface area contributed by atoms with Gasteiger partial charge in [-0.2, -0.15) is 13.2 Å². The van der Waals surface area contributed by atoms with Crippen LogP contribution in [0.5, 0.6) is 5.75 Å². The van der Waals surface area contributed by atoms with Crippen LogP contribution in [-0.4, -0.2) is 25.5 Å². The summed E-state index contributed by atoms with van der Waals surface area (Å²) in [5, 5.41) is 7.59. The van der Waals surface area contributed by atoms with E-state index < -0.39 is 30.1 Å². The van der Waals surface area contributed by atoms with Gasteiger partial charge < -0.3 is 20.7 Å². The highest BCUT2D eigenvalue weighted by atomic mass is 19.4. The third-order valence-electron chi connectivity index (χ3n) is 4.69. The predicted molar refractivity (Wildman–Crippen MR) is 121 cm³/mol. The van der Waals surface area contributed by atoms with Crippen molar-refractivity contribution in [3.63, 3.8) is 0 Å². The zero-order chi connectivity index (χ0) is 24.0. The molecule has 0 unspecified atom stereocenters. The number of methoxy groups -OCH3 is 1. The number of anilines is 3. The van der Waals surface area contributed by atoms with Gasteiger partial charge in [-0.15, -0.1) is 0 Å². The number of halogens is 3. The monoisotopic (exact) mass is 457 g/mol. The van der Waals surface area contributed by atoms with Crippen LogP contribution in [-0.2, 0) is 11.0 Å². The molecule has 0 saturated heterocycles. The fourth-order valence-electron chi connectivity index (χ4n) is 3.09. The van der Waals surface area contributed by atoms with Crippen LogP contribution < -0.4 is 20.7 Å². The summed E-state index contributed by atoms with van der Waals surface area (Å²) >= 11 is 0. The van der Waals surface area contributed by atoms with Gasteiger partial charge in [-0.25, -0.2) is 0 Å². The van der Waals surface area contributed by atoms with Crippen LogP contribution in [0.25, 0.3) is 0 Å². The van der Waals surface area contributed by atoms with E-state index in [-0.39, 0.29) is 11.4 Å². The van der Waals surface area contributed by atoms with Crippen molar-refractivity contribution in [3.05, 3.63) is 83.4 Å². The van der Waals surface area contributed by atoms with E-state index >= 15 is 0 Å². The minimum atomic E-state index is -4.70.